The van der Waals surface area contributed by atoms with Crippen LogP contribution < -0.4 is 11.2 Å². The van der Waals surface area contributed by atoms with Gasteiger partial charge >= 0.3 is 5.69 Å². The van der Waals surface area contributed by atoms with E-state index in [9.17, 15) is 9.59 Å². The Morgan fingerprint density at radius 3 is 2.58 bits per heavy atom. The maximum atomic E-state index is 11.8. The number of nitrogens with zero attached hydrogens (tertiary/aromatic N) is 1. The van der Waals surface area contributed by atoms with Crippen molar-refractivity contribution in [2.24, 2.45) is 5.92 Å². The topological polar surface area (TPSA) is 64.1 Å². The molecule has 1 N–H and O–H groups in total. The zero-order valence-corrected chi connectivity index (χ0v) is 16.7. The fourth-order valence-electron chi connectivity index (χ4n) is 2.47. The van der Waals surface area contributed by atoms with Crippen molar-refractivity contribution in [3.05, 3.63) is 44.2 Å². The first kappa shape index (κ1) is 18.9. The van der Waals surface area contributed by atoms with Crippen LogP contribution in [0.4, 0.5) is 0 Å². The first-order valence-electron chi connectivity index (χ1n) is 8.64. The minimum atomic E-state index is -1.71. The lowest BCUT2D eigenvalue weighted by Crippen LogP contribution is -2.42. The minimum absolute atomic E-state index is 0.224. The Bertz CT molecular complexity index is 738. The van der Waals surface area contributed by atoms with Crippen LogP contribution in [-0.2, 0) is 11.0 Å². The van der Waals surface area contributed by atoms with Crippen LogP contribution >= 0.6 is 0 Å². The molecular formula is C18H30N2O3Si. The standard InChI is InChI=1S/C18H30N2O3Si/c1-13-11-20(17(22)19-16(13)21)10-9-14-7-8-15(14)12-23-24(5,6)18(2,3)4/h9,11,15H,7-8,10,12H2,1-6H3,(H,19,21,22)/b14-9-. The molecular weight excluding hydrogens is 320 g/mol. The molecule has 6 heteroatoms. The number of aryl methyl sites for hydroxylation is 1. The molecule has 1 aliphatic rings. The Balaban J connectivity index is 1.99. The maximum Gasteiger partial charge on any atom is 0.328 e. The highest BCUT2D eigenvalue weighted by Crippen LogP contribution is 2.39. The average molecular weight is 351 g/mol. The summed E-state index contributed by atoms with van der Waals surface area (Å²) in [6, 6.07) is 0. The molecule has 24 heavy (non-hydrogen) atoms. The lowest BCUT2D eigenvalue weighted by molar-refractivity contribution is 0.213. The molecule has 0 amide bonds. The van der Waals surface area contributed by atoms with E-state index < -0.39 is 8.32 Å². The normalized spacial score (nSPS) is 20.2. The van der Waals surface area contributed by atoms with Gasteiger partial charge in [0.25, 0.3) is 5.56 Å². The zero-order valence-electron chi connectivity index (χ0n) is 15.7. The zero-order chi connectivity index (χ0) is 18.1. The van der Waals surface area contributed by atoms with Crippen molar-refractivity contribution >= 4 is 8.32 Å². The third-order valence-electron chi connectivity index (χ3n) is 5.50. The minimum Gasteiger partial charge on any atom is -0.416 e. The van der Waals surface area contributed by atoms with Gasteiger partial charge in [-0.1, -0.05) is 32.4 Å². The van der Waals surface area contributed by atoms with Gasteiger partial charge < -0.3 is 4.43 Å². The molecule has 1 aromatic heterocycles. The van der Waals surface area contributed by atoms with Gasteiger partial charge in [0.1, 0.15) is 0 Å². The van der Waals surface area contributed by atoms with Gasteiger partial charge in [0.05, 0.1) is 0 Å². The summed E-state index contributed by atoms with van der Waals surface area (Å²) in [5.41, 5.74) is 1.26. The Hall–Kier alpha value is -1.40. The molecule has 134 valence electrons. The van der Waals surface area contributed by atoms with E-state index in [2.05, 4.69) is 44.9 Å². The van der Waals surface area contributed by atoms with Crippen LogP contribution in [0.3, 0.4) is 0 Å². The molecule has 0 saturated heterocycles. The third kappa shape index (κ3) is 4.16. The summed E-state index contributed by atoms with van der Waals surface area (Å²) < 4.78 is 7.87. The molecule has 1 aliphatic carbocycles. The SMILES string of the molecule is Cc1cn(C/C=C2/CCC2CO[Si](C)(C)C(C)(C)C)c(=O)[nH]c1=O. The molecule has 0 aliphatic heterocycles. The van der Waals surface area contributed by atoms with E-state index in [0.717, 1.165) is 19.4 Å². The van der Waals surface area contributed by atoms with Gasteiger partial charge in [-0.15, -0.1) is 0 Å². The largest absolute Gasteiger partial charge is 0.416 e. The molecule has 1 aromatic rings. The fraction of sp³-hybridized carbons (Fsp3) is 0.667. The molecule has 1 heterocycles. The summed E-state index contributed by atoms with van der Waals surface area (Å²) in [6.45, 7) is 14.3. The van der Waals surface area contributed by atoms with Gasteiger partial charge in [-0.2, -0.15) is 0 Å². The van der Waals surface area contributed by atoms with E-state index in [-0.39, 0.29) is 16.3 Å². The van der Waals surface area contributed by atoms with Crippen molar-refractivity contribution in [3.63, 3.8) is 0 Å². The number of H-pyrrole nitrogens is 1. The summed E-state index contributed by atoms with van der Waals surface area (Å²) in [4.78, 5) is 25.6. The number of aromatic amines is 1. The van der Waals surface area contributed by atoms with Crippen molar-refractivity contribution in [2.45, 2.75) is 65.2 Å². The lowest BCUT2D eigenvalue weighted by atomic mass is 9.80. The van der Waals surface area contributed by atoms with Crippen LogP contribution in [-0.4, -0.2) is 24.5 Å². The molecule has 1 unspecified atom stereocenters. The van der Waals surface area contributed by atoms with Crippen LogP contribution in [0.1, 0.15) is 39.2 Å². The van der Waals surface area contributed by atoms with Gasteiger partial charge in [0.15, 0.2) is 8.32 Å². The molecule has 1 saturated carbocycles. The monoisotopic (exact) mass is 350 g/mol. The van der Waals surface area contributed by atoms with Crippen LogP contribution in [0, 0.1) is 12.8 Å². The Morgan fingerprint density at radius 2 is 2.04 bits per heavy atom. The van der Waals surface area contributed by atoms with Crippen molar-refractivity contribution in [1.82, 2.24) is 9.55 Å². The number of hydrogen-bond donors (Lipinski definition) is 1. The second-order valence-corrected chi connectivity index (χ2v) is 13.1. The summed E-state index contributed by atoms with van der Waals surface area (Å²) in [6.07, 6.45) is 5.96. The van der Waals surface area contributed by atoms with Crippen LogP contribution in [0.2, 0.25) is 18.1 Å². The van der Waals surface area contributed by atoms with Gasteiger partial charge in [-0.25, -0.2) is 4.79 Å². The maximum absolute atomic E-state index is 11.8. The smallest absolute Gasteiger partial charge is 0.328 e. The van der Waals surface area contributed by atoms with E-state index in [4.69, 9.17) is 4.43 Å². The molecule has 0 spiro atoms. The molecule has 0 aromatic carbocycles. The first-order valence-corrected chi connectivity index (χ1v) is 11.6. The number of hydrogen-bond acceptors (Lipinski definition) is 3. The molecule has 5 nitrogen and oxygen atoms in total. The summed E-state index contributed by atoms with van der Waals surface area (Å²) in [7, 11) is -1.71. The highest BCUT2D eigenvalue weighted by molar-refractivity contribution is 6.74. The van der Waals surface area contributed by atoms with Crippen LogP contribution in [0.25, 0.3) is 0 Å². The van der Waals surface area contributed by atoms with Crippen LogP contribution in [0.5, 0.6) is 0 Å². The molecule has 2 rings (SSSR count). The second kappa shape index (κ2) is 6.84. The van der Waals surface area contributed by atoms with Gasteiger partial charge in [-0.05, 0) is 37.9 Å². The number of rotatable bonds is 5. The Morgan fingerprint density at radius 1 is 1.38 bits per heavy atom. The van der Waals surface area contributed by atoms with Crippen molar-refractivity contribution in [3.8, 4) is 0 Å². The van der Waals surface area contributed by atoms with Gasteiger partial charge in [0, 0.05) is 30.8 Å². The van der Waals surface area contributed by atoms with Crippen molar-refractivity contribution in [1.29, 1.82) is 0 Å². The van der Waals surface area contributed by atoms with E-state index in [1.54, 1.807) is 17.7 Å². The predicted molar refractivity (Wildman–Crippen MR) is 100 cm³/mol. The molecule has 0 radical (unpaired) electrons. The number of allylic oxidation sites excluding steroid dienone is 1. The van der Waals surface area contributed by atoms with Crippen LogP contribution in [0.15, 0.2) is 27.4 Å². The Kier molecular flexibility index (Phi) is 5.40. The van der Waals surface area contributed by atoms with E-state index in [1.807, 2.05) is 0 Å². The predicted octanol–water partition coefficient (Wildman–Crippen LogP) is 3.20. The number of nitrogens with one attached hydrogen (secondary N) is 1. The van der Waals surface area contributed by atoms with Gasteiger partial charge in [0.2, 0.25) is 0 Å². The van der Waals surface area contributed by atoms with Crippen molar-refractivity contribution in [2.75, 3.05) is 6.61 Å². The average Bonchev–Trinajstić information content (AvgIpc) is 2.42. The van der Waals surface area contributed by atoms with Gasteiger partial charge in [-0.3, -0.25) is 14.3 Å². The number of aromatic nitrogens is 2. The highest BCUT2D eigenvalue weighted by atomic mass is 28.4. The Labute approximate surface area is 144 Å². The third-order valence-corrected chi connectivity index (χ3v) is 10.00. The summed E-state index contributed by atoms with van der Waals surface area (Å²) in [5, 5.41) is 0.224. The fourth-order valence-corrected chi connectivity index (χ4v) is 3.52. The first-order chi connectivity index (χ1) is 11.0. The van der Waals surface area contributed by atoms with E-state index >= 15 is 0 Å². The molecule has 1 fully saturated rings. The summed E-state index contributed by atoms with van der Waals surface area (Å²) in [5.74, 6) is 0.471. The van der Waals surface area contributed by atoms with E-state index in [1.165, 1.54) is 5.57 Å². The highest BCUT2D eigenvalue weighted by Gasteiger charge is 2.38. The van der Waals surface area contributed by atoms with E-state index in [0.29, 0.717) is 18.0 Å². The lowest BCUT2D eigenvalue weighted by Gasteiger charge is -2.39. The quantitative estimate of drug-likeness (QED) is 0.655. The second-order valence-electron chi connectivity index (χ2n) is 8.31. The molecule has 1 atom stereocenters. The van der Waals surface area contributed by atoms with Crippen molar-refractivity contribution < 1.29 is 4.43 Å². The molecule has 0 bridgehead atoms. The summed E-state index contributed by atoms with van der Waals surface area (Å²) >= 11 is 0.